The number of unbranched alkanes of at least 4 members (excludes halogenated alkanes) is 2. The predicted octanol–water partition coefficient (Wildman–Crippen LogP) is 3.93. The quantitative estimate of drug-likeness (QED) is 0.483. The van der Waals surface area contributed by atoms with Gasteiger partial charge in [-0.3, -0.25) is 0 Å². The van der Waals surface area contributed by atoms with Crippen LogP contribution in [0.1, 0.15) is 111 Å². The minimum Gasteiger partial charge on any atom is -0.545 e. The predicted molar refractivity (Wildman–Crippen MR) is 109 cm³/mol. The van der Waals surface area contributed by atoms with Crippen molar-refractivity contribution in [3.05, 3.63) is 34.4 Å². The molecule has 0 fully saturated rings. The highest BCUT2D eigenvalue weighted by atomic mass is 16.4. The Morgan fingerprint density at radius 3 is 1.36 bits per heavy atom. The molecular weight excluding hydrogens is 352 g/mol. The highest BCUT2D eigenvalue weighted by Gasteiger charge is 2.20. The summed E-state index contributed by atoms with van der Waals surface area (Å²) in [6.45, 7) is 8.50. The number of carbonyl (C=O) groups is 2. The third-order valence-electron chi connectivity index (χ3n) is 5.94. The average molecular weight is 389 g/mol. The summed E-state index contributed by atoms with van der Waals surface area (Å²) >= 11 is 0. The van der Waals surface area contributed by atoms with Crippen molar-refractivity contribution in [1.29, 1.82) is 0 Å². The zero-order chi connectivity index (χ0) is 21.1. The van der Waals surface area contributed by atoms with E-state index in [2.05, 4.69) is 27.7 Å². The Morgan fingerprint density at radius 2 is 1.11 bits per heavy atom. The molecule has 0 N–H and O–H groups in total. The first kappa shape index (κ1) is 24.2. The Labute approximate surface area is 170 Å². The molecule has 158 valence electrons. The van der Waals surface area contributed by atoms with Gasteiger partial charge in [-0.1, -0.05) is 91.2 Å². The van der Waals surface area contributed by atoms with E-state index in [4.69, 9.17) is 0 Å². The molecule has 1 rings (SSSR count). The fourth-order valence-corrected chi connectivity index (χ4v) is 4.01. The Bertz CT molecular complexity index is 581. The number of carboxylic acid groups (broad SMARTS) is 2. The lowest BCUT2D eigenvalue weighted by Crippen LogP contribution is -2.29. The lowest BCUT2D eigenvalue weighted by atomic mass is 9.81. The standard InChI is InChI=1S/C24H38O4/c1-5-9-11-17(7-3)15-21-19(23(25)26)13-14-20(24(27)28)22(21)16-18(8-4)12-10-6-2/h13-14,17-18H,5-12,15-16H2,1-4H3,(H,25,26)(H,27,28)/p-2. The van der Waals surface area contributed by atoms with Crippen LogP contribution in [0.3, 0.4) is 0 Å². The summed E-state index contributed by atoms with van der Waals surface area (Å²) in [6.07, 6.45) is 9.42. The van der Waals surface area contributed by atoms with Crippen LogP contribution in [-0.4, -0.2) is 11.9 Å². The molecule has 0 bridgehead atoms. The summed E-state index contributed by atoms with van der Waals surface area (Å²) in [7, 11) is 0. The molecule has 0 aliphatic rings. The fraction of sp³-hybridized carbons (Fsp3) is 0.667. The van der Waals surface area contributed by atoms with E-state index in [0.29, 0.717) is 35.8 Å². The molecule has 0 radical (unpaired) electrons. The summed E-state index contributed by atoms with van der Waals surface area (Å²) in [4.78, 5) is 23.6. The maximum absolute atomic E-state index is 11.8. The van der Waals surface area contributed by atoms with Gasteiger partial charge >= 0.3 is 0 Å². The van der Waals surface area contributed by atoms with Gasteiger partial charge in [0.2, 0.25) is 0 Å². The van der Waals surface area contributed by atoms with Crippen LogP contribution in [0.4, 0.5) is 0 Å². The number of carbonyl (C=O) groups excluding carboxylic acids is 2. The van der Waals surface area contributed by atoms with Gasteiger partial charge in [0.05, 0.1) is 11.9 Å². The van der Waals surface area contributed by atoms with Crippen molar-refractivity contribution in [2.75, 3.05) is 0 Å². The first-order valence-electron chi connectivity index (χ1n) is 11.0. The van der Waals surface area contributed by atoms with Crippen LogP contribution in [0.25, 0.3) is 0 Å². The van der Waals surface area contributed by atoms with Crippen LogP contribution in [0.15, 0.2) is 12.1 Å². The normalized spacial score (nSPS) is 13.3. The molecule has 0 amide bonds. The second-order valence-corrected chi connectivity index (χ2v) is 7.93. The van der Waals surface area contributed by atoms with Crippen molar-refractivity contribution >= 4 is 11.9 Å². The molecule has 0 spiro atoms. The summed E-state index contributed by atoms with van der Waals surface area (Å²) in [5.41, 5.74) is 1.58. The monoisotopic (exact) mass is 388 g/mol. The third kappa shape index (κ3) is 6.96. The number of aromatic carboxylic acids is 2. The van der Waals surface area contributed by atoms with Crippen molar-refractivity contribution < 1.29 is 19.8 Å². The van der Waals surface area contributed by atoms with E-state index in [-0.39, 0.29) is 11.1 Å². The van der Waals surface area contributed by atoms with E-state index in [1.807, 2.05) is 0 Å². The largest absolute Gasteiger partial charge is 0.545 e. The summed E-state index contributed by atoms with van der Waals surface area (Å²) in [5.74, 6) is -1.78. The van der Waals surface area contributed by atoms with E-state index in [1.54, 1.807) is 0 Å². The zero-order valence-electron chi connectivity index (χ0n) is 18.0. The van der Waals surface area contributed by atoms with Gasteiger partial charge in [-0.15, -0.1) is 0 Å². The molecule has 0 saturated heterocycles. The lowest BCUT2D eigenvalue weighted by molar-refractivity contribution is -0.256. The van der Waals surface area contributed by atoms with Gasteiger partial charge in [0.1, 0.15) is 0 Å². The topological polar surface area (TPSA) is 80.3 Å². The smallest absolute Gasteiger partial charge is 0.0718 e. The summed E-state index contributed by atoms with van der Waals surface area (Å²) in [6, 6.07) is 2.78. The van der Waals surface area contributed by atoms with E-state index < -0.39 is 11.9 Å². The van der Waals surface area contributed by atoms with E-state index in [0.717, 1.165) is 51.4 Å². The highest BCUT2D eigenvalue weighted by molar-refractivity contribution is 5.93. The molecule has 2 atom stereocenters. The molecule has 1 aromatic rings. The van der Waals surface area contributed by atoms with Gasteiger partial charge in [-0.2, -0.15) is 0 Å². The fourth-order valence-electron chi connectivity index (χ4n) is 4.01. The van der Waals surface area contributed by atoms with Gasteiger partial charge in [-0.05, 0) is 35.8 Å². The van der Waals surface area contributed by atoms with Crippen LogP contribution in [-0.2, 0) is 12.8 Å². The second kappa shape index (κ2) is 12.6. The molecule has 1 aromatic carbocycles. The van der Waals surface area contributed by atoms with Crippen LogP contribution >= 0.6 is 0 Å². The SMILES string of the molecule is CCCCC(CC)Cc1c(C(=O)[O-])ccc(C(=O)[O-])c1CC(CC)CCCC. The first-order valence-corrected chi connectivity index (χ1v) is 11.0. The maximum Gasteiger partial charge on any atom is 0.0718 e. The van der Waals surface area contributed by atoms with Crippen LogP contribution in [0, 0.1) is 11.8 Å². The molecule has 0 aliphatic heterocycles. The number of benzene rings is 1. The third-order valence-corrected chi connectivity index (χ3v) is 5.94. The highest BCUT2D eigenvalue weighted by Crippen LogP contribution is 2.30. The van der Waals surface area contributed by atoms with Gasteiger partial charge in [-0.25, -0.2) is 0 Å². The molecule has 28 heavy (non-hydrogen) atoms. The maximum atomic E-state index is 11.8. The number of hydrogen-bond acceptors (Lipinski definition) is 4. The van der Waals surface area contributed by atoms with Crippen molar-refractivity contribution in [1.82, 2.24) is 0 Å². The van der Waals surface area contributed by atoms with Crippen LogP contribution < -0.4 is 10.2 Å². The molecule has 4 nitrogen and oxygen atoms in total. The van der Waals surface area contributed by atoms with E-state index in [9.17, 15) is 19.8 Å². The summed E-state index contributed by atoms with van der Waals surface area (Å²) in [5, 5.41) is 23.6. The van der Waals surface area contributed by atoms with Gasteiger partial charge in [0.15, 0.2) is 0 Å². The minimum absolute atomic E-state index is 0.139. The van der Waals surface area contributed by atoms with Gasteiger partial charge in [0, 0.05) is 11.1 Å². The Hall–Kier alpha value is -1.84. The van der Waals surface area contributed by atoms with Crippen LogP contribution in [0.2, 0.25) is 0 Å². The second-order valence-electron chi connectivity index (χ2n) is 7.93. The van der Waals surface area contributed by atoms with Crippen molar-refractivity contribution in [3.63, 3.8) is 0 Å². The zero-order valence-corrected chi connectivity index (χ0v) is 18.0. The van der Waals surface area contributed by atoms with Gasteiger partial charge in [0.25, 0.3) is 0 Å². The average Bonchev–Trinajstić information content (AvgIpc) is 2.67. The van der Waals surface area contributed by atoms with Crippen molar-refractivity contribution in [2.45, 2.75) is 91.9 Å². The molecule has 0 aliphatic carbocycles. The molecule has 4 heteroatoms. The van der Waals surface area contributed by atoms with Crippen molar-refractivity contribution in [2.24, 2.45) is 11.8 Å². The molecule has 0 saturated carbocycles. The van der Waals surface area contributed by atoms with Crippen LogP contribution in [0.5, 0.6) is 0 Å². The van der Waals surface area contributed by atoms with E-state index >= 15 is 0 Å². The van der Waals surface area contributed by atoms with Crippen molar-refractivity contribution in [3.8, 4) is 0 Å². The Morgan fingerprint density at radius 1 is 0.750 bits per heavy atom. The Kier molecular flexibility index (Phi) is 10.9. The molecule has 2 unspecified atom stereocenters. The Balaban J connectivity index is 3.42. The lowest BCUT2D eigenvalue weighted by Gasteiger charge is -2.26. The minimum atomic E-state index is -1.23. The number of hydrogen-bond donors (Lipinski definition) is 0. The van der Waals surface area contributed by atoms with E-state index in [1.165, 1.54) is 12.1 Å². The molecule has 0 heterocycles. The summed E-state index contributed by atoms with van der Waals surface area (Å²) < 4.78 is 0. The molecular formula is C24H36O4-2. The number of carboxylic acids is 2. The molecule has 0 aromatic heterocycles. The number of rotatable bonds is 14. The first-order chi connectivity index (χ1) is 13.4. The van der Waals surface area contributed by atoms with Gasteiger partial charge < -0.3 is 19.8 Å².